The van der Waals surface area contributed by atoms with Crippen molar-refractivity contribution >= 4 is 17.9 Å². The Labute approximate surface area is 131 Å². The third kappa shape index (κ3) is 5.20. The molecular weight excluding hydrogens is 286 g/mol. The number of hydrogen-bond donors (Lipinski definition) is 3. The van der Waals surface area contributed by atoms with Gasteiger partial charge in [-0.3, -0.25) is 4.79 Å². The zero-order valence-electron chi connectivity index (χ0n) is 13.8. The van der Waals surface area contributed by atoms with Gasteiger partial charge in [0.2, 0.25) is 5.91 Å². The summed E-state index contributed by atoms with van der Waals surface area (Å²) < 4.78 is 0. The zero-order chi connectivity index (χ0) is 16.9. The van der Waals surface area contributed by atoms with E-state index in [-0.39, 0.29) is 23.9 Å². The number of carbonyl (C=O) groups excluding carboxylic acids is 2. The fourth-order valence-corrected chi connectivity index (χ4v) is 2.57. The Morgan fingerprint density at radius 3 is 2.32 bits per heavy atom. The molecule has 1 aliphatic rings. The van der Waals surface area contributed by atoms with Gasteiger partial charge in [-0.15, -0.1) is 0 Å². The number of carboxylic acid groups (broad SMARTS) is 1. The maximum absolute atomic E-state index is 12.3. The maximum atomic E-state index is 12.3. The van der Waals surface area contributed by atoms with Gasteiger partial charge in [0, 0.05) is 12.6 Å². The van der Waals surface area contributed by atoms with Gasteiger partial charge in [-0.2, -0.15) is 0 Å². The molecular formula is C15H27N3O4. The summed E-state index contributed by atoms with van der Waals surface area (Å²) in [5, 5.41) is 14.5. The van der Waals surface area contributed by atoms with Crippen molar-refractivity contribution in [1.82, 2.24) is 15.5 Å². The Hall–Kier alpha value is -1.79. The number of hydrogen-bond acceptors (Lipinski definition) is 3. The average Bonchev–Trinajstić information content (AvgIpc) is 2.85. The highest BCUT2D eigenvalue weighted by atomic mass is 16.4. The molecule has 7 heteroatoms. The lowest BCUT2D eigenvalue weighted by Gasteiger charge is -2.26. The number of amides is 3. The van der Waals surface area contributed by atoms with E-state index in [0.717, 1.165) is 6.42 Å². The molecule has 3 amide bonds. The number of carbonyl (C=O) groups is 3. The molecule has 22 heavy (non-hydrogen) atoms. The van der Waals surface area contributed by atoms with Crippen molar-refractivity contribution in [2.75, 3.05) is 6.54 Å². The Bertz CT molecular complexity index is 423. The molecule has 1 rings (SSSR count). The number of rotatable bonds is 6. The first-order chi connectivity index (χ1) is 10.2. The SMILES string of the molecule is CC(C)C[C@@H](NC(=O)[C@@H]1CCCN1C(=O)NC(C)C)C(=O)O. The molecule has 0 aromatic heterocycles. The first-order valence-corrected chi connectivity index (χ1v) is 7.82. The summed E-state index contributed by atoms with van der Waals surface area (Å²) >= 11 is 0. The van der Waals surface area contributed by atoms with Crippen molar-refractivity contribution in [3.63, 3.8) is 0 Å². The van der Waals surface area contributed by atoms with Crippen molar-refractivity contribution in [1.29, 1.82) is 0 Å². The summed E-state index contributed by atoms with van der Waals surface area (Å²) in [4.78, 5) is 37.2. The Kier molecular flexibility index (Phi) is 6.64. The second kappa shape index (κ2) is 8.00. The van der Waals surface area contributed by atoms with E-state index in [2.05, 4.69) is 10.6 Å². The first-order valence-electron chi connectivity index (χ1n) is 7.82. The third-order valence-electron chi connectivity index (χ3n) is 3.55. The van der Waals surface area contributed by atoms with Crippen molar-refractivity contribution in [2.45, 2.75) is 65.1 Å². The highest BCUT2D eigenvalue weighted by Gasteiger charge is 2.36. The van der Waals surface area contributed by atoms with E-state index in [4.69, 9.17) is 0 Å². The average molecular weight is 313 g/mol. The number of nitrogens with zero attached hydrogens (tertiary/aromatic N) is 1. The van der Waals surface area contributed by atoms with Crippen LogP contribution in [0.15, 0.2) is 0 Å². The Balaban J connectivity index is 2.69. The van der Waals surface area contributed by atoms with Gasteiger partial charge in [0.1, 0.15) is 12.1 Å². The standard InChI is InChI=1S/C15H27N3O4/c1-9(2)8-11(14(20)21)17-13(19)12-6-5-7-18(12)15(22)16-10(3)4/h9-12H,5-8H2,1-4H3,(H,16,22)(H,17,19)(H,20,21)/t11-,12+/m1/s1. The molecule has 3 N–H and O–H groups in total. The van der Waals surface area contributed by atoms with Crippen LogP contribution in [-0.4, -0.2) is 52.6 Å². The normalized spacial score (nSPS) is 19.4. The Morgan fingerprint density at radius 1 is 1.18 bits per heavy atom. The van der Waals surface area contributed by atoms with Crippen LogP contribution < -0.4 is 10.6 Å². The molecule has 1 saturated heterocycles. The second-order valence-corrected chi connectivity index (χ2v) is 6.48. The van der Waals surface area contributed by atoms with Crippen molar-refractivity contribution in [2.24, 2.45) is 5.92 Å². The van der Waals surface area contributed by atoms with E-state index in [9.17, 15) is 19.5 Å². The van der Waals surface area contributed by atoms with E-state index < -0.39 is 18.1 Å². The van der Waals surface area contributed by atoms with Gasteiger partial charge in [0.25, 0.3) is 0 Å². The number of nitrogens with one attached hydrogen (secondary N) is 2. The highest BCUT2D eigenvalue weighted by molar-refractivity contribution is 5.90. The van der Waals surface area contributed by atoms with Crippen molar-refractivity contribution in [3.05, 3.63) is 0 Å². The predicted molar refractivity (Wildman–Crippen MR) is 82.4 cm³/mol. The number of aliphatic carboxylic acids is 1. The minimum Gasteiger partial charge on any atom is -0.480 e. The topological polar surface area (TPSA) is 98.7 Å². The molecule has 1 aliphatic heterocycles. The second-order valence-electron chi connectivity index (χ2n) is 6.48. The highest BCUT2D eigenvalue weighted by Crippen LogP contribution is 2.18. The largest absolute Gasteiger partial charge is 0.480 e. The third-order valence-corrected chi connectivity index (χ3v) is 3.55. The summed E-state index contributed by atoms with van der Waals surface area (Å²) in [5.41, 5.74) is 0. The minimum atomic E-state index is -1.04. The molecule has 0 aromatic carbocycles. The molecule has 2 atom stereocenters. The summed E-state index contributed by atoms with van der Waals surface area (Å²) in [6, 6.07) is -1.79. The molecule has 1 fully saturated rings. The van der Waals surface area contributed by atoms with Gasteiger partial charge in [-0.05, 0) is 39.0 Å². The molecule has 126 valence electrons. The Morgan fingerprint density at radius 2 is 1.82 bits per heavy atom. The van der Waals surface area contributed by atoms with Crippen molar-refractivity contribution in [3.8, 4) is 0 Å². The molecule has 0 radical (unpaired) electrons. The fraction of sp³-hybridized carbons (Fsp3) is 0.800. The lowest BCUT2D eigenvalue weighted by molar-refractivity contribution is -0.142. The molecule has 0 aliphatic carbocycles. The summed E-state index contributed by atoms with van der Waals surface area (Å²) in [5.74, 6) is -1.27. The molecule has 0 bridgehead atoms. The van der Waals surface area contributed by atoms with Gasteiger partial charge >= 0.3 is 12.0 Å². The van der Waals surface area contributed by atoms with Crippen LogP contribution in [0.25, 0.3) is 0 Å². The summed E-state index contributed by atoms with van der Waals surface area (Å²) in [6.07, 6.45) is 1.67. The van der Waals surface area contributed by atoms with Gasteiger partial charge in [0.15, 0.2) is 0 Å². The van der Waals surface area contributed by atoms with E-state index in [1.165, 1.54) is 4.90 Å². The van der Waals surface area contributed by atoms with E-state index in [0.29, 0.717) is 19.4 Å². The van der Waals surface area contributed by atoms with Crippen LogP contribution in [0, 0.1) is 5.92 Å². The van der Waals surface area contributed by atoms with Crippen LogP contribution in [0.1, 0.15) is 47.0 Å². The van der Waals surface area contributed by atoms with Crippen LogP contribution in [0.4, 0.5) is 4.79 Å². The first kappa shape index (κ1) is 18.3. The molecule has 0 spiro atoms. The summed E-state index contributed by atoms with van der Waals surface area (Å²) in [7, 11) is 0. The lowest BCUT2D eigenvalue weighted by Crippen LogP contribution is -2.53. The van der Waals surface area contributed by atoms with Crippen LogP contribution in [-0.2, 0) is 9.59 Å². The summed E-state index contributed by atoms with van der Waals surface area (Å²) in [6.45, 7) is 8.02. The van der Waals surface area contributed by atoms with Gasteiger partial charge in [0.05, 0.1) is 0 Å². The van der Waals surface area contributed by atoms with Gasteiger partial charge in [-0.25, -0.2) is 9.59 Å². The molecule has 0 aromatic rings. The van der Waals surface area contributed by atoms with E-state index in [1.54, 1.807) is 0 Å². The van der Waals surface area contributed by atoms with Gasteiger partial charge in [-0.1, -0.05) is 13.8 Å². The zero-order valence-corrected chi connectivity index (χ0v) is 13.8. The molecule has 7 nitrogen and oxygen atoms in total. The quantitative estimate of drug-likeness (QED) is 0.686. The number of carboxylic acids is 1. The minimum absolute atomic E-state index is 0.00970. The van der Waals surface area contributed by atoms with Crippen LogP contribution in [0.3, 0.4) is 0 Å². The predicted octanol–water partition coefficient (Wildman–Crippen LogP) is 1.18. The molecule has 0 saturated carbocycles. The smallest absolute Gasteiger partial charge is 0.326 e. The van der Waals surface area contributed by atoms with Crippen LogP contribution in [0.2, 0.25) is 0 Å². The number of likely N-dealkylation sites (tertiary alicyclic amines) is 1. The number of urea groups is 1. The van der Waals surface area contributed by atoms with E-state index in [1.807, 2.05) is 27.7 Å². The lowest BCUT2D eigenvalue weighted by atomic mass is 10.0. The van der Waals surface area contributed by atoms with Crippen LogP contribution in [0.5, 0.6) is 0 Å². The molecule has 0 unspecified atom stereocenters. The van der Waals surface area contributed by atoms with Crippen LogP contribution >= 0.6 is 0 Å². The van der Waals surface area contributed by atoms with Gasteiger partial charge < -0.3 is 20.6 Å². The monoisotopic (exact) mass is 313 g/mol. The van der Waals surface area contributed by atoms with Crippen molar-refractivity contribution < 1.29 is 19.5 Å². The maximum Gasteiger partial charge on any atom is 0.326 e. The van der Waals surface area contributed by atoms with E-state index >= 15 is 0 Å². The molecule has 1 heterocycles. The fourth-order valence-electron chi connectivity index (χ4n) is 2.57.